The van der Waals surface area contributed by atoms with Gasteiger partial charge in [0.2, 0.25) is 0 Å². The van der Waals surface area contributed by atoms with Gasteiger partial charge in [-0.15, -0.1) is 0 Å². The Morgan fingerprint density at radius 1 is 1.59 bits per heavy atom. The second-order valence-corrected chi connectivity index (χ2v) is 4.14. The van der Waals surface area contributed by atoms with Crippen LogP contribution in [0, 0.1) is 0 Å². The van der Waals surface area contributed by atoms with Crippen molar-refractivity contribution in [2.45, 2.75) is 31.5 Å². The van der Waals surface area contributed by atoms with Gasteiger partial charge in [0.05, 0.1) is 12.2 Å². The van der Waals surface area contributed by atoms with Crippen LogP contribution in [0.2, 0.25) is 0 Å². The van der Waals surface area contributed by atoms with Crippen molar-refractivity contribution in [1.29, 1.82) is 0 Å². The highest BCUT2D eigenvalue weighted by atomic mass is 19.4. The number of hydrogen-bond donors (Lipinski definition) is 1. The Bertz CT molecular complexity index is 389. The Morgan fingerprint density at radius 2 is 2.35 bits per heavy atom. The molecular formula is C10H14F3N3O. The Hall–Kier alpha value is -1.08. The molecule has 0 radical (unpaired) electrons. The van der Waals surface area contributed by atoms with Crippen molar-refractivity contribution in [3.05, 3.63) is 17.5 Å². The molecule has 1 aromatic rings. The monoisotopic (exact) mass is 249 g/mol. The van der Waals surface area contributed by atoms with E-state index in [1.807, 2.05) is 7.05 Å². The van der Waals surface area contributed by atoms with E-state index in [9.17, 15) is 13.2 Å². The minimum Gasteiger partial charge on any atom is -0.292 e. The number of aryl methyl sites for hydroxylation is 1. The maximum absolute atomic E-state index is 11.9. The molecule has 4 nitrogen and oxygen atoms in total. The minimum atomic E-state index is -4.31. The fourth-order valence-corrected chi connectivity index (χ4v) is 2.05. The van der Waals surface area contributed by atoms with Crippen molar-refractivity contribution >= 4 is 0 Å². The fourth-order valence-electron chi connectivity index (χ4n) is 2.05. The zero-order valence-corrected chi connectivity index (χ0v) is 9.42. The summed E-state index contributed by atoms with van der Waals surface area (Å²) < 4.78 is 37.5. The number of alkyl halides is 3. The van der Waals surface area contributed by atoms with Crippen molar-refractivity contribution < 1.29 is 18.0 Å². The summed E-state index contributed by atoms with van der Waals surface area (Å²) in [5, 5.41) is 4.10. The van der Waals surface area contributed by atoms with E-state index in [-0.39, 0.29) is 6.04 Å². The van der Waals surface area contributed by atoms with Gasteiger partial charge in [-0.1, -0.05) is 0 Å². The van der Waals surface area contributed by atoms with Gasteiger partial charge in [-0.25, -0.2) is 0 Å². The van der Waals surface area contributed by atoms with E-state index in [0.29, 0.717) is 0 Å². The van der Waals surface area contributed by atoms with Crippen LogP contribution in [0.15, 0.2) is 6.20 Å². The molecule has 0 fully saturated rings. The lowest BCUT2D eigenvalue weighted by Gasteiger charge is -2.23. The number of hydroxylamine groups is 1. The summed E-state index contributed by atoms with van der Waals surface area (Å²) in [5.74, 6) is 0. The van der Waals surface area contributed by atoms with E-state index in [1.54, 1.807) is 10.9 Å². The molecule has 0 bridgehead atoms. The third-order valence-corrected chi connectivity index (χ3v) is 2.84. The number of halogens is 3. The van der Waals surface area contributed by atoms with Gasteiger partial charge in [0.15, 0.2) is 6.61 Å². The molecule has 2 rings (SSSR count). The quantitative estimate of drug-likeness (QED) is 0.831. The molecular weight excluding hydrogens is 235 g/mol. The summed E-state index contributed by atoms with van der Waals surface area (Å²) in [6, 6.07) is -0.199. The Labute approximate surface area is 96.7 Å². The number of rotatable bonds is 3. The zero-order chi connectivity index (χ0) is 12.5. The average molecular weight is 249 g/mol. The average Bonchev–Trinajstić information content (AvgIpc) is 2.60. The van der Waals surface area contributed by atoms with Crippen LogP contribution in [0.3, 0.4) is 0 Å². The van der Waals surface area contributed by atoms with Crippen LogP contribution in [0.4, 0.5) is 13.2 Å². The summed E-state index contributed by atoms with van der Waals surface area (Å²) in [6.45, 7) is -1.28. The molecule has 0 spiro atoms. The van der Waals surface area contributed by atoms with Crippen molar-refractivity contribution in [2.75, 3.05) is 6.61 Å². The molecule has 1 unspecified atom stereocenters. The van der Waals surface area contributed by atoms with Crippen LogP contribution in [-0.2, 0) is 18.3 Å². The number of fused-ring (bicyclic) bond motifs is 1. The molecule has 0 saturated heterocycles. The number of nitrogens with zero attached hydrogens (tertiary/aromatic N) is 2. The topological polar surface area (TPSA) is 39.1 Å². The van der Waals surface area contributed by atoms with Crippen LogP contribution < -0.4 is 5.48 Å². The zero-order valence-electron chi connectivity index (χ0n) is 9.42. The second-order valence-electron chi connectivity index (χ2n) is 4.14. The maximum Gasteiger partial charge on any atom is 0.413 e. The van der Waals surface area contributed by atoms with Gasteiger partial charge >= 0.3 is 6.18 Å². The normalized spacial score (nSPS) is 20.4. The van der Waals surface area contributed by atoms with Crippen molar-refractivity contribution in [1.82, 2.24) is 15.3 Å². The number of nitrogens with one attached hydrogen (secondary N) is 1. The van der Waals surface area contributed by atoms with Crippen molar-refractivity contribution in [2.24, 2.45) is 7.05 Å². The van der Waals surface area contributed by atoms with Gasteiger partial charge in [-0.2, -0.15) is 23.8 Å². The van der Waals surface area contributed by atoms with Gasteiger partial charge < -0.3 is 0 Å². The van der Waals surface area contributed by atoms with Crippen LogP contribution in [0.5, 0.6) is 0 Å². The third-order valence-electron chi connectivity index (χ3n) is 2.84. The summed E-state index contributed by atoms with van der Waals surface area (Å²) in [4.78, 5) is 4.49. The molecule has 1 atom stereocenters. The lowest BCUT2D eigenvalue weighted by molar-refractivity contribution is -0.193. The molecule has 0 saturated carbocycles. The van der Waals surface area contributed by atoms with Gasteiger partial charge in [-0.05, 0) is 19.3 Å². The summed E-state index contributed by atoms with van der Waals surface area (Å²) >= 11 is 0. The Balaban J connectivity index is 1.95. The Kier molecular flexibility index (Phi) is 3.39. The van der Waals surface area contributed by atoms with Gasteiger partial charge in [0, 0.05) is 18.3 Å². The number of aromatic nitrogens is 2. The predicted molar refractivity (Wildman–Crippen MR) is 54.0 cm³/mol. The molecule has 1 aliphatic rings. The molecule has 0 aromatic carbocycles. The fraction of sp³-hybridized carbons (Fsp3) is 0.700. The first-order valence-electron chi connectivity index (χ1n) is 5.42. The second kappa shape index (κ2) is 4.66. The molecule has 0 amide bonds. The standard InChI is InChI=1S/C10H14F3N3O/c1-16-9-4-2-3-8(7(9)5-14-16)15-17-6-10(11,12)13/h5,8,15H,2-4,6H2,1H3. The molecule has 7 heteroatoms. The van der Waals surface area contributed by atoms with Gasteiger partial charge in [0.25, 0.3) is 0 Å². The first kappa shape index (κ1) is 12.4. The van der Waals surface area contributed by atoms with E-state index in [4.69, 9.17) is 0 Å². The van der Waals surface area contributed by atoms with Crippen LogP contribution in [0.1, 0.15) is 30.1 Å². The van der Waals surface area contributed by atoms with E-state index in [0.717, 1.165) is 30.5 Å². The highest BCUT2D eigenvalue weighted by Crippen LogP contribution is 2.29. The van der Waals surface area contributed by atoms with Crippen molar-refractivity contribution in [3.8, 4) is 0 Å². The van der Waals surface area contributed by atoms with E-state index >= 15 is 0 Å². The molecule has 0 aliphatic heterocycles. The SMILES string of the molecule is Cn1ncc2c1CCCC2NOCC(F)(F)F. The molecule has 1 aliphatic carbocycles. The van der Waals surface area contributed by atoms with Crippen molar-refractivity contribution in [3.63, 3.8) is 0 Å². The lowest BCUT2D eigenvalue weighted by Crippen LogP contribution is -2.30. The molecule has 1 N–H and O–H groups in total. The number of hydrogen-bond acceptors (Lipinski definition) is 3. The minimum absolute atomic E-state index is 0.199. The highest BCUT2D eigenvalue weighted by molar-refractivity contribution is 5.24. The predicted octanol–water partition coefficient (Wildman–Crippen LogP) is 1.88. The highest BCUT2D eigenvalue weighted by Gasteiger charge is 2.29. The first-order valence-corrected chi connectivity index (χ1v) is 5.42. The molecule has 96 valence electrons. The largest absolute Gasteiger partial charge is 0.413 e. The first-order chi connectivity index (χ1) is 7.97. The molecule has 1 heterocycles. The third kappa shape index (κ3) is 2.98. The van der Waals surface area contributed by atoms with E-state index in [1.165, 1.54) is 0 Å². The lowest BCUT2D eigenvalue weighted by atomic mass is 9.94. The Morgan fingerprint density at radius 3 is 3.06 bits per heavy atom. The van der Waals surface area contributed by atoms with Crippen LogP contribution >= 0.6 is 0 Å². The maximum atomic E-state index is 11.9. The van der Waals surface area contributed by atoms with Gasteiger partial charge in [-0.3, -0.25) is 9.52 Å². The van der Waals surface area contributed by atoms with E-state index in [2.05, 4.69) is 15.4 Å². The van der Waals surface area contributed by atoms with Gasteiger partial charge in [0.1, 0.15) is 0 Å². The van der Waals surface area contributed by atoms with Crippen LogP contribution in [0.25, 0.3) is 0 Å². The summed E-state index contributed by atoms with van der Waals surface area (Å²) in [7, 11) is 1.83. The van der Waals surface area contributed by atoms with E-state index < -0.39 is 12.8 Å². The summed E-state index contributed by atoms with van der Waals surface area (Å²) in [6.07, 6.45) is -0.0397. The summed E-state index contributed by atoms with van der Waals surface area (Å²) in [5.41, 5.74) is 4.47. The smallest absolute Gasteiger partial charge is 0.292 e. The molecule has 1 aromatic heterocycles. The van der Waals surface area contributed by atoms with Crippen LogP contribution in [-0.4, -0.2) is 22.6 Å². The molecule has 17 heavy (non-hydrogen) atoms.